The van der Waals surface area contributed by atoms with Crippen molar-refractivity contribution < 1.29 is 14.3 Å². The van der Waals surface area contributed by atoms with Crippen LogP contribution in [0.25, 0.3) is 6.08 Å². The third-order valence-electron chi connectivity index (χ3n) is 3.34. The minimum Gasteiger partial charge on any atom is -0.493 e. The topological polar surface area (TPSA) is 85.3 Å². The second-order valence-corrected chi connectivity index (χ2v) is 6.79. The van der Waals surface area contributed by atoms with Crippen molar-refractivity contribution in [2.24, 2.45) is 5.73 Å². The summed E-state index contributed by atoms with van der Waals surface area (Å²) in [5.74, 6) is 0.0611. The Hall–Kier alpha value is -2.20. The first kappa shape index (κ1) is 20.1. The van der Waals surface area contributed by atoms with Crippen molar-refractivity contribution in [3.8, 4) is 17.6 Å². The Morgan fingerprint density at radius 3 is 2.65 bits per heavy atom. The summed E-state index contributed by atoms with van der Waals surface area (Å²) in [7, 11) is 1.48. The standard InChI is InChI=1S/C18H13BrCl2N2O3/c1-25-16-6-10(4-12(8-22)18(23)24)5-14(19)17(16)26-9-11-2-3-13(20)7-15(11)21/h2-7H,9H2,1H3,(H2,23,24)/b12-4+. The Morgan fingerprint density at radius 2 is 2.08 bits per heavy atom. The number of hydrogen-bond acceptors (Lipinski definition) is 4. The van der Waals surface area contributed by atoms with Crippen LogP contribution < -0.4 is 15.2 Å². The van der Waals surface area contributed by atoms with E-state index in [1.807, 2.05) is 0 Å². The van der Waals surface area contributed by atoms with E-state index in [1.54, 1.807) is 36.4 Å². The van der Waals surface area contributed by atoms with Crippen molar-refractivity contribution in [2.75, 3.05) is 7.11 Å². The van der Waals surface area contributed by atoms with Gasteiger partial charge in [0.15, 0.2) is 11.5 Å². The van der Waals surface area contributed by atoms with Gasteiger partial charge in [-0.2, -0.15) is 5.26 Å². The molecule has 2 aromatic rings. The summed E-state index contributed by atoms with van der Waals surface area (Å²) in [4.78, 5) is 11.2. The number of carbonyl (C=O) groups excluding carboxylic acids is 1. The molecule has 0 saturated carbocycles. The van der Waals surface area contributed by atoms with Crippen molar-refractivity contribution in [1.82, 2.24) is 0 Å². The first-order valence-corrected chi connectivity index (χ1v) is 8.76. The van der Waals surface area contributed by atoms with E-state index in [-0.39, 0.29) is 12.2 Å². The second-order valence-electron chi connectivity index (χ2n) is 5.09. The first-order chi connectivity index (χ1) is 12.3. The Morgan fingerprint density at radius 1 is 1.35 bits per heavy atom. The van der Waals surface area contributed by atoms with Gasteiger partial charge >= 0.3 is 0 Å². The number of ether oxygens (including phenoxy) is 2. The van der Waals surface area contributed by atoms with E-state index in [1.165, 1.54) is 13.2 Å². The average molecular weight is 456 g/mol. The summed E-state index contributed by atoms with van der Waals surface area (Å²) < 4.78 is 11.7. The van der Waals surface area contributed by atoms with Crippen LogP contribution in [0.5, 0.6) is 11.5 Å². The van der Waals surface area contributed by atoms with Gasteiger partial charge in [0.2, 0.25) is 0 Å². The minimum atomic E-state index is -0.805. The van der Waals surface area contributed by atoms with Gasteiger partial charge < -0.3 is 15.2 Å². The quantitative estimate of drug-likeness (QED) is 0.503. The largest absolute Gasteiger partial charge is 0.493 e. The summed E-state index contributed by atoms with van der Waals surface area (Å²) in [5.41, 5.74) is 6.30. The van der Waals surface area contributed by atoms with E-state index in [9.17, 15) is 4.79 Å². The number of hydrogen-bond donors (Lipinski definition) is 1. The molecule has 2 aromatic carbocycles. The van der Waals surface area contributed by atoms with E-state index >= 15 is 0 Å². The molecule has 0 bridgehead atoms. The monoisotopic (exact) mass is 454 g/mol. The molecule has 5 nitrogen and oxygen atoms in total. The third-order valence-corrected chi connectivity index (χ3v) is 4.51. The van der Waals surface area contributed by atoms with Crippen LogP contribution in [0, 0.1) is 11.3 Å². The van der Waals surface area contributed by atoms with E-state index in [2.05, 4.69) is 15.9 Å². The molecule has 0 aliphatic carbocycles. The highest BCUT2D eigenvalue weighted by Crippen LogP contribution is 2.38. The molecule has 0 saturated heterocycles. The lowest BCUT2D eigenvalue weighted by Crippen LogP contribution is -2.12. The third kappa shape index (κ3) is 4.92. The van der Waals surface area contributed by atoms with Crippen LogP contribution in [0.2, 0.25) is 10.0 Å². The fourth-order valence-corrected chi connectivity index (χ4v) is 3.11. The van der Waals surface area contributed by atoms with Gasteiger partial charge in [0, 0.05) is 15.6 Å². The number of benzene rings is 2. The molecule has 134 valence electrons. The summed E-state index contributed by atoms with van der Waals surface area (Å²) in [5, 5.41) is 9.99. The summed E-state index contributed by atoms with van der Waals surface area (Å²) in [6.45, 7) is 0.199. The molecule has 0 atom stereocenters. The average Bonchev–Trinajstić information content (AvgIpc) is 2.59. The number of nitriles is 1. The van der Waals surface area contributed by atoms with Crippen LogP contribution >= 0.6 is 39.1 Å². The highest BCUT2D eigenvalue weighted by molar-refractivity contribution is 9.10. The number of amides is 1. The molecule has 0 heterocycles. The Labute approximate surface area is 169 Å². The highest BCUT2D eigenvalue weighted by atomic mass is 79.9. The van der Waals surface area contributed by atoms with Crippen molar-refractivity contribution in [3.05, 3.63) is 61.5 Å². The van der Waals surface area contributed by atoms with Crippen LogP contribution in [0.4, 0.5) is 0 Å². The number of methoxy groups -OCH3 is 1. The Balaban J connectivity index is 2.32. The SMILES string of the molecule is COc1cc(/C=C(\C#N)C(N)=O)cc(Br)c1OCc1ccc(Cl)cc1Cl. The molecular weight excluding hydrogens is 443 g/mol. The van der Waals surface area contributed by atoms with Gasteiger partial charge in [0.1, 0.15) is 18.2 Å². The van der Waals surface area contributed by atoms with E-state index in [4.69, 9.17) is 43.7 Å². The second kappa shape index (κ2) is 8.95. The van der Waals surface area contributed by atoms with E-state index < -0.39 is 5.91 Å². The van der Waals surface area contributed by atoms with Crippen LogP contribution in [-0.2, 0) is 11.4 Å². The van der Waals surface area contributed by atoms with E-state index in [0.717, 1.165) is 5.56 Å². The first-order valence-electron chi connectivity index (χ1n) is 7.21. The normalized spacial score (nSPS) is 11.0. The molecule has 0 fully saturated rings. The van der Waals surface area contributed by atoms with Crippen LogP contribution in [0.3, 0.4) is 0 Å². The lowest BCUT2D eigenvalue weighted by Gasteiger charge is -2.14. The predicted molar refractivity (Wildman–Crippen MR) is 104 cm³/mol. The van der Waals surface area contributed by atoms with Crippen molar-refractivity contribution in [1.29, 1.82) is 5.26 Å². The van der Waals surface area contributed by atoms with Crippen LogP contribution in [0.1, 0.15) is 11.1 Å². The molecule has 2 rings (SSSR count). The molecule has 1 amide bonds. The number of rotatable bonds is 6. The fraction of sp³-hybridized carbons (Fsp3) is 0.111. The number of carbonyl (C=O) groups is 1. The lowest BCUT2D eigenvalue weighted by molar-refractivity contribution is -0.114. The van der Waals surface area contributed by atoms with Crippen molar-refractivity contribution in [2.45, 2.75) is 6.61 Å². The predicted octanol–water partition coefficient (Wildman–Crippen LogP) is 4.74. The molecule has 0 spiro atoms. The van der Waals surface area contributed by atoms with Crippen LogP contribution in [-0.4, -0.2) is 13.0 Å². The minimum absolute atomic E-state index is 0.166. The molecule has 0 unspecified atom stereocenters. The highest BCUT2D eigenvalue weighted by Gasteiger charge is 2.13. The van der Waals surface area contributed by atoms with Gasteiger partial charge in [0.05, 0.1) is 11.6 Å². The number of nitrogens with zero attached hydrogens (tertiary/aromatic N) is 1. The van der Waals surface area contributed by atoms with Crippen molar-refractivity contribution >= 4 is 51.1 Å². The maximum Gasteiger partial charge on any atom is 0.259 e. The summed E-state index contributed by atoms with van der Waals surface area (Å²) in [6.07, 6.45) is 1.37. The molecule has 0 aliphatic rings. The molecule has 0 radical (unpaired) electrons. The Kier molecular flexibility index (Phi) is 6.92. The zero-order valence-electron chi connectivity index (χ0n) is 13.6. The fourth-order valence-electron chi connectivity index (χ4n) is 2.08. The van der Waals surface area contributed by atoms with Gasteiger partial charge in [-0.25, -0.2) is 0 Å². The molecule has 2 N–H and O–H groups in total. The zero-order chi connectivity index (χ0) is 19.3. The van der Waals surface area contributed by atoms with E-state index in [0.29, 0.717) is 31.6 Å². The van der Waals surface area contributed by atoms with Gasteiger partial charge in [-0.1, -0.05) is 29.3 Å². The van der Waals surface area contributed by atoms with Crippen LogP contribution in [0.15, 0.2) is 40.4 Å². The zero-order valence-corrected chi connectivity index (χ0v) is 16.7. The lowest BCUT2D eigenvalue weighted by atomic mass is 10.1. The summed E-state index contributed by atoms with van der Waals surface area (Å²) in [6, 6.07) is 10.2. The number of primary amides is 1. The molecule has 26 heavy (non-hydrogen) atoms. The van der Waals surface area contributed by atoms with Gasteiger partial charge in [-0.15, -0.1) is 0 Å². The molecule has 0 aromatic heterocycles. The molecule has 8 heteroatoms. The maximum absolute atomic E-state index is 11.2. The number of halogens is 3. The number of nitrogens with two attached hydrogens (primary N) is 1. The Bertz CT molecular complexity index is 923. The van der Waals surface area contributed by atoms with Gasteiger partial charge in [-0.05, 0) is 51.8 Å². The maximum atomic E-state index is 11.2. The van der Waals surface area contributed by atoms with Gasteiger partial charge in [0.25, 0.3) is 5.91 Å². The molecule has 0 aliphatic heterocycles. The summed E-state index contributed by atoms with van der Waals surface area (Å²) >= 11 is 15.4. The molecular formula is C18H13BrCl2N2O3. The van der Waals surface area contributed by atoms with Crippen molar-refractivity contribution in [3.63, 3.8) is 0 Å². The van der Waals surface area contributed by atoms with Gasteiger partial charge in [-0.3, -0.25) is 4.79 Å². The smallest absolute Gasteiger partial charge is 0.259 e.